The zero-order chi connectivity index (χ0) is 24.1. The van der Waals surface area contributed by atoms with Crippen LogP contribution in [0.3, 0.4) is 0 Å². The first kappa shape index (κ1) is 23.5. The van der Waals surface area contributed by atoms with Gasteiger partial charge in [-0.1, -0.05) is 11.6 Å². The highest BCUT2D eigenvalue weighted by Crippen LogP contribution is 2.35. The van der Waals surface area contributed by atoms with Gasteiger partial charge in [0.1, 0.15) is 16.5 Å². The normalized spacial score (nSPS) is 10.3. The first-order valence-electron chi connectivity index (χ1n) is 9.26. The third kappa shape index (κ3) is 5.54. The molecular weight excluding hydrogens is 459 g/mol. The lowest BCUT2D eigenvalue weighted by Crippen LogP contribution is -2.07. The molecule has 0 unspecified atom stereocenters. The first-order chi connectivity index (χ1) is 15.7. The topological polar surface area (TPSA) is 141 Å². The van der Waals surface area contributed by atoms with Crippen molar-refractivity contribution < 1.29 is 23.6 Å². The van der Waals surface area contributed by atoms with Crippen molar-refractivity contribution in [1.82, 2.24) is 9.97 Å². The molecule has 1 amide bonds. The van der Waals surface area contributed by atoms with Crippen LogP contribution in [0, 0.1) is 15.9 Å². The van der Waals surface area contributed by atoms with Gasteiger partial charge >= 0.3 is 5.69 Å². The van der Waals surface area contributed by atoms with Crippen LogP contribution in [0.25, 0.3) is 0 Å². The zero-order valence-corrected chi connectivity index (χ0v) is 18.4. The Hall–Kier alpha value is -4.19. The molecule has 3 aromatic rings. The first-order valence-corrected chi connectivity index (χ1v) is 9.63. The molecular formula is C20H18ClFN6O5. The molecule has 11 nitrogen and oxygen atoms in total. The van der Waals surface area contributed by atoms with E-state index in [0.29, 0.717) is 17.1 Å². The van der Waals surface area contributed by atoms with Crippen molar-refractivity contribution >= 4 is 52.0 Å². The fraction of sp³-hybridized carbons (Fsp3) is 0.150. The molecule has 13 heteroatoms. The minimum atomic E-state index is -1.05. The Morgan fingerprint density at radius 1 is 1.12 bits per heavy atom. The summed E-state index contributed by atoms with van der Waals surface area (Å²) in [7, 11) is 2.76. The molecule has 0 aliphatic carbocycles. The third-order valence-electron chi connectivity index (χ3n) is 4.23. The van der Waals surface area contributed by atoms with Gasteiger partial charge in [0.15, 0.2) is 5.82 Å². The highest BCUT2D eigenvalue weighted by atomic mass is 35.5. The standard InChI is InChI=1S/C20H18ClFN6O5/c1-10(29)24-11-4-5-17(32-2)14(6-11)25-19-12(21)9-23-20(27-19)26-15-8-16(28(30)31)13(22)7-18(15)33-3/h4-9H,1-3H3,(H,24,29)(H2,23,25,26,27). The van der Waals surface area contributed by atoms with Gasteiger partial charge in [0, 0.05) is 24.7 Å². The van der Waals surface area contributed by atoms with Gasteiger partial charge in [-0.05, 0) is 18.2 Å². The van der Waals surface area contributed by atoms with Gasteiger partial charge in [0.25, 0.3) is 0 Å². The highest BCUT2D eigenvalue weighted by Gasteiger charge is 2.20. The average molecular weight is 477 g/mol. The van der Waals surface area contributed by atoms with E-state index in [9.17, 15) is 19.3 Å². The molecule has 1 aromatic heterocycles. The molecule has 0 saturated carbocycles. The van der Waals surface area contributed by atoms with Crippen molar-refractivity contribution in [2.45, 2.75) is 6.92 Å². The maximum Gasteiger partial charge on any atom is 0.307 e. The van der Waals surface area contributed by atoms with E-state index < -0.39 is 16.4 Å². The van der Waals surface area contributed by atoms with Crippen LogP contribution in [0.5, 0.6) is 11.5 Å². The predicted octanol–water partition coefficient (Wildman–Crippen LogP) is 4.64. The number of anilines is 5. The maximum atomic E-state index is 13.9. The van der Waals surface area contributed by atoms with E-state index in [0.717, 1.165) is 12.1 Å². The molecule has 172 valence electrons. The van der Waals surface area contributed by atoms with Gasteiger partial charge in [0.2, 0.25) is 17.7 Å². The molecule has 0 saturated heterocycles. The van der Waals surface area contributed by atoms with Gasteiger partial charge < -0.3 is 25.4 Å². The maximum absolute atomic E-state index is 13.9. The zero-order valence-electron chi connectivity index (χ0n) is 17.6. The quantitative estimate of drug-likeness (QED) is 0.313. The second-order valence-electron chi connectivity index (χ2n) is 6.50. The predicted molar refractivity (Wildman–Crippen MR) is 121 cm³/mol. The van der Waals surface area contributed by atoms with Gasteiger partial charge in [0.05, 0.1) is 36.7 Å². The van der Waals surface area contributed by atoms with Gasteiger partial charge in [-0.3, -0.25) is 14.9 Å². The van der Waals surface area contributed by atoms with Crippen molar-refractivity contribution in [1.29, 1.82) is 0 Å². The minimum absolute atomic E-state index is 0.00177. The summed E-state index contributed by atoms with van der Waals surface area (Å²) < 4.78 is 24.3. The van der Waals surface area contributed by atoms with Gasteiger partial charge in [-0.25, -0.2) is 4.98 Å². The van der Waals surface area contributed by atoms with E-state index >= 15 is 0 Å². The number of nitro benzene ring substituents is 1. The summed E-state index contributed by atoms with van der Waals surface area (Å²) in [6.45, 7) is 1.38. The molecule has 0 spiro atoms. The molecule has 3 rings (SSSR count). The van der Waals surface area contributed by atoms with Gasteiger partial charge in [-0.2, -0.15) is 9.37 Å². The van der Waals surface area contributed by atoms with Crippen LogP contribution in [0.15, 0.2) is 36.5 Å². The van der Waals surface area contributed by atoms with Crippen LogP contribution in [-0.4, -0.2) is 35.0 Å². The Labute approximate surface area is 192 Å². The van der Waals surface area contributed by atoms with Crippen molar-refractivity contribution in [2.24, 2.45) is 0 Å². The second-order valence-corrected chi connectivity index (χ2v) is 6.90. The van der Waals surface area contributed by atoms with Crippen LogP contribution >= 0.6 is 11.6 Å². The molecule has 1 heterocycles. The molecule has 0 fully saturated rings. The van der Waals surface area contributed by atoms with Crippen molar-refractivity contribution in [3.63, 3.8) is 0 Å². The Morgan fingerprint density at radius 2 is 1.82 bits per heavy atom. The number of carbonyl (C=O) groups is 1. The number of hydrogen-bond acceptors (Lipinski definition) is 9. The van der Waals surface area contributed by atoms with E-state index in [1.165, 1.54) is 27.3 Å². The summed E-state index contributed by atoms with van der Waals surface area (Å²) in [5, 5.41) is 19.7. The molecule has 0 radical (unpaired) electrons. The van der Waals surface area contributed by atoms with Crippen LogP contribution in [0.2, 0.25) is 5.02 Å². The number of rotatable bonds is 8. The average Bonchev–Trinajstić information content (AvgIpc) is 2.76. The Balaban J connectivity index is 1.95. The van der Waals surface area contributed by atoms with Crippen molar-refractivity contribution in [3.8, 4) is 11.5 Å². The number of nitrogens with zero attached hydrogens (tertiary/aromatic N) is 3. The van der Waals surface area contributed by atoms with E-state index in [-0.39, 0.29) is 34.1 Å². The third-order valence-corrected chi connectivity index (χ3v) is 4.51. The van der Waals surface area contributed by atoms with Gasteiger partial charge in [-0.15, -0.1) is 0 Å². The number of halogens is 2. The number of ether oxygens (including phenoxy) is 2. The Kier molecular flexibility index (Phi) is 7.08. The number of hydrogen-bond donors (Lipinski definition) is 3. The summed E-state index contributed by atoms with van der Waals surface area (Å²) in [5.74, 6) is -0.672. The largest absolute Gasteiger partial charge is 0.495 e. The number of nitrogens with one attached hydrogen (secondary N) is 3. The SMILES string of the molecule is COc1cc(F)c([N+](=O)[O-])cc1Nc1ncc(Cl)c(Nc2cc(NC(C)=O)ccc2OC)n1. The number of benzene rings is 2. The summed E-state index contributed by atoms with van der Waals surface area (Å²) in [5.41, 5.74) is 0.289. The molecule has 33 heavy (non-hydrogen) atoms. The lowest BCUT2D eigenvalue weighted by molar-refractivity contribution is -0.387. The number of carbonyl (C=O) groups excluding carboxylic acids is 1. The van der Waals surface area contributed by atoms with Crippen LogP contribution in [0.1, 0.15) is 6.92 Å². The molecule has 0 aliphatic rings. The van der Waals surface area contributed by atoms with E-state index in [1.54, 1.807) is 18.2 Å². The van der Waals surface area contributed by atoms with Crippen molar-refractivity contribution in [3.05, 3.63) is 57.5 Å². The number of nitro groups is 1. The monoisotopic (exact) mass is 476 g/mol. The number of methoxy groups -OCH3 is 2. The second kappa shape index (κ2) is 9.96. The van der Waals surface area contributed by atoms with Crippen LogP contribution < -0.4 is 25.4 Å². The van der Waals surface area contributed by atoms with Crippen molar-refractivity contribution in [2.75, 3.05) is 30.2 Å². The summed E-state index contributed by atoms with van der Waals surface area (Å²) >= 11 is 6.23. The fourth-order valence-electron chi connectivity index (χ4n) is 2.80. The number of amides is 1. The lowest BCUT2D eigenvalue weighted by Gasteiger charge is -2.15. The molecule has 0 aliphatic heterocycles. The summed E-state index contributed by atoms with van der Waals surface area (Å²) in [4.78, 5) is 29.9. The highest BCUT2D eigenvalue weighted by molar-refractivity contribution is 6.33. The van der Waals surface area contributed by atoms with Crippen LogP contribution in [0.4, 0.5) is 38.9 Å². The Morgan fingerprint density at radius 3 is 2.45 bits per heavy atom. The summed E-state index contributed by atoms with van der Waals surface area (Å²) in [6, 6.07) is 6.78. The molecule has 2 aromatic carbocycles. The molecule has 0 bridgehead atoms. The lowest BCUT2D eigenvalue weighted by atomic mass is 10.2. The molecule has 3 N–H and O–H groups in total. The van der Waals surface area contributed by atoms with Crippen LogP contribution in [-0.2, 0) is 4.79 Å². The van der Waals surface area contributed by atoms with E-state index in [1.807, 2.05) is 0 Å². The Bertz CT molecular complexity index is 1230. The smallest absolute Gasteiger partial charge is 0.307 e. The summed E-state index contributed by atoms with van der Waals surface area (Å²) in [6.07, 6.45) is 1.30. The fourth-order valence-corrected chi connectivity index (χ4v) is 2.94. The van der Waals surface area contributed by atoms with E-state index in [4.69, 9.17) is 21.1 Å². The number of aromatic nitrogens is 2. The van der Waals surface area contributed by atoms with E-state index in [2.05, 4.69) is 25.9 Å². The minimum Gasteiger partial charge on any atom is -0.495 e. The molecule has 0 atom stereocenters.